The summed E-state index contributed by atoms with van der Waals surface area (Å²) in [7, 11) is 0. The summed E-state index contributed by atoms with van der Waals surface area (Å²) in [5.41, 5.74) is 1.70. The number of ether oxygens (including phenoxy) is 2. The molecule has 1 aliphatic rings. The molecule has 1 aliphatic heterocycles. The lowest BCUT2D eigenvalue weighted by Crippen LogP contribution is -2.15. The van der Waals surface area contributed by atoms with Crippen LogP contribution in [0.25, 0.3) is 0 Å². The molecule has 0 aliphatic carbocycles. The van der Waals surface area contributed by atoms with Crippen molar-refractivity contribution in [1.29, 1.82) is 0 Å². The van der Waals surface area contributed by atoms with Crippen molar-refractivity contribution >= 4 is 50.7 Å². The van der Waals surface area contributed by atoms with Gasteiger partial charge < -0.3 is 9.47 Å². The minimum Gasteiger partial charge on any atom is -0.486 e. The highest BCUT2D eigenvalue weighted by molar-refractivity contribution is 9.09. The molecule has 0 amide bonds. The number of halogens is 4. The average molecular weight is 409 g/mol. The first kappa shape index (κ1) is 15.3. The van der Waals surface area contributed by atoms with Crippen LogP contribution >= 0.6 is 50.7 Å². The number of benzene rings is 2. The first-order valence-electron chi connectivity index (χ1n) is 6.24. The van der Waals surface area contributed by atoms with Crippen LogP contribution in [0, 0.1) is 0 Å². The van der Waals surface area contributed by atoms with Crippen molar-refractivity contribution in [3.63, 3.8) is 0 Å². The lowest BCUT2D eigenvalue weighted by atomic mass is 10.0. The van der Waals surface area contributed by atoms with Gasteiger partial charge in [-0.1, -0.05) is 50.7 Å². The zero-order valence-electron chi connectivity index (χ0n) is 10.7. The summed E-state index contributed by atoms with van der Waals surface area (Å²) in [6.07, 6.45) is 0. The van der Waals surface area contributed by atoms with Crippen LogP contribution in [0.4, 0.5) is 0 Å². The molecule has 6 heteroatoms. The second-order valence-corrected chi connectivity index (χ2v) is 6.71. The second kappa shape index (κ2) is 6.25. The number of fused-ring (bicyclic) bond motifs is 1. The van der Waals surface area contributed by atoms with E-state index in [4.69, 9.17) is 44.3 Å². The van der Waals surface area contributed by atoms with Crippen LogP contribution in [0.3, 0.4) is 0 Å². The normalized spacial score (nSPS) is 14.9. The van der Waals surface area contributed by atoms with Gasteiger partial charge in [0.25, 0.3) is 0 Å². The summed E-state index contributed by atoms with van der Waals surface area (Å²) in [4.78, 5) is -0.188. The molecule has 1 atom stereocenters. The van der Waals surface area contributed by atoms with Gasteiger partial charge in [-0.25, -0.2) is 0 Å². The molecule has 2 aromatic rings. The molecule has 0 N–H and O–H groups in total. The molecule has 1 unspecified atom stereocenters. The number of hydrogen-bond donors (Lipinski definition) is 0. The summed E-state index contributed by atoms with van der Waals surface area (Å²) in [5, 5.41) is 1.82. The summed E-state index contributed by atoms with van der Waals surface area (Å²) in [6, 6.07) is 8.96. The molecule has 110 valence electrons. The van der Waals surface area contributed by atoms with Gasteiger partial charge in [0, 0.05) is 21.1 Å². The van der Waals surface area contributed by atoms with E-state index in [1.807, 2.05) is 12.1 Å². The van der Waals surface area contributed by atoms with Gasteiger partial charge in [-0.05, 0) is 35.4 Å². The molecule has 0 saturated heterocycles. The molecule has 2 nitrogen and oxygen atoms in total. The third kappa shape index (κ3) is 3.11. The number of hydrogen-bond acceptors (Lipinski definition) is 2. The highest BCUT2D eigenvalue weighted by Crippen LogP contribution is 2.44. The van der Waals surface area contributed by atoms with Gasteiger partial charge in [-0.2, -0.15) is 0 Å². The topological polar surface area (TPSA) is 18.5 Å². The van der Waals surface area contributed by atoms with E-state index >= 15 is 0 Å². The van der Waals surface area contributed by atoms with Gasteiger partial charge >= 0.3 is 0 Å². The fraction of sp³-hybridized carbons (Fsp3) is 0.200. The van der Waals surface area contributed by atoms with Crippen LogP contribution in [0.5, 0.6) is 11.5 Å². The maximum Gasteiger partial charge on any atom is 0.162 e. The largest absolute Gasteiger partial charge is 0.486 e. The quantitative estimate of drug-likeness (QED) is 0.576. The van der Waals surface area contributed by atoms with Crippen molar-refractivity contribution in [2.75, 3.05) is 13.2 Å². The molecular formula is C15H10BrCl3O2. The van der Waals surface area contributed by atoms with Crippen molar-refractivity contribution in [2.24, 2.45) is 0 Å². The Morgan fingerprint density at radius 2 is 1.48 bits per heavy atom. The summed E-state index contributed by atoms with van der Waals surface area (Å²) < 4.78 is 11.1. The monoisotopic (exact) mass is 406 g/mol. The van der Waals surface area contributed by atoms with Crippen LogP contribution < -0.4 is 9.47 Å². The minimum atomic E-state index is -0.188. The molecule has 0 fully saturated rings. The van der Waals surface area contributed by atoms with E-state index in [1.165, 1.54) is 0 Å². The first-order chi connectivity index (χ1) is 10.1. The maximum absolute atomic E-state index is 6.36. The summed E-state index contributed by atoms with van der Waals surface area (Å²) in [5.74, 6) is 1.34. The molecule has 0 aromatic heterocycles. The van der Waals surface area contributed by atoms with Gasteiger partial charge in [0.15, 0.2) is 11.5 Å². The van der Waals surface area contributed by atoms with Gasteiger partial charge in [-0.3, -0.25) is 0 Å². The van der Waals surface area contributed by atoms with Crippen molar-refractivity contribution < 1.29 is 9.47 Å². The fourth-order valence-corrected chi connectivity index (χ4v) is 3.84. The van der Waals surface area contributed by atoms with E-state index < -0.39 is 0 Å². The van der Waals surface area contributed by atoms with Crippen molar-refractivity contribution in [3.05, 3.63) is 56.5 Å². The van der Waals surface area contributed by atoms with E-state index in [-0.39, 0.29) is 4.83 Å². The molecule has 21 heavy (non-hydrogen) atoms. The highest BCUT2D eigenvalue weighted by Gasteiger charge is 2.22. The van der Waals surface area contributed by atoms with Crippen molar-refractivity contribution in [1.82, 2.24) is 0 Å². The van der Waals surface area contributed by atoms with Gasteiger partial charge in [0.2, 0.25) is 0 Å². The Kier molecular flexibility index (Phi) is 4.55. The van der Waals surface area contributed by atoms with E-state index in [2.05, 4.69) is 15.9 Å². The molecule has 3 rings (SSSR count). The molecule has 0 radical (unpaired) electrons. The van der Waals surface area contributed by atoms with Crippen LogP contribution in [-0.2, 0) is 0 Å². The Bertz CT molecular complexity index is 691. The predicted molar refractivity (Wildman–Crippen MR) is 89.7 cm³/mol. The number of rotatable bonds is 2. The van der Waals surface area contributed by atoms with Crippen LogP contribution in [0.15, 0.2) is 30.3 Å². The Labute approximate surface area is 146 Å². The first-order valence-corrected chi connectivity index (χ1v) is 8.29. The zero-order valence-corrected chi connectivity index (χ0v) is 14.6. The molecule has 0 bridgehead atoms. The molecule has 1 heterocycles. The minimum absolute atomic E-state index is 0.188. The third-order valence-corrected chi connectivity index (χ3v) is 5.06. The lowest BCUT2D eigenvalue weighted by molar-refractivity contribution is 0.171. The fourth-order valence-electron chi connectivity index (χ4n) is 2.15. The Hall–Kier alpha value is -0.610. The van der Waals surface area contributed by atoms with Crippen LogP contribution in [-0.4, -0.2) is 13.2 Å². The highest BCUT2D eigenvalue weighted by atomic mass is 79.9. The third-order valence-electron chi connectivity index (χ3n) is 3.17. The Morgan fingerprint density at radius 3 is 2.19 bits per heavy atom. The van der Waals surface area contributed by atoms with Gasteiger partial charge in [-0.15, -0.1) is 0 Å². The van der Waals surface area contributed by atoms with Crippen molar-refractivity contribution in [2.45, 2.75) is 4.83 Å². The Balaban J connectivity index is 2.05. The predicted octanol–water partition coefficient (Wildman–Crippen LogP) is 5.90. The average Bonchev–Trinajstić information content (AvgIpc) is 2.48. The molecular weight excluding hydrogens is 398 g/mol. The summed E-state index contributed by atoms with van der Waals surface area (Å²) >= 11 is 22.3. The SMILES string of the molecule is Clc1ccc(Cl)c(C(Br)c2cc3c(cc2Cl)OCCO3)c1. The van der Waals surface area contributed by atoms with Crippen LogP contribution in [0.1, 0.15) is 16.0 Å². The standard InChI is InChI=1S/C15H10BrCl3O2/c16-15(9-5-8(17)1-2-11(9)18)10-6-13-14(7-12(10)19)21-4-3-20-13/h1-2,5-7,15H,3-4H2. The van der Waals surface area contributed by atoms with E-state index in [9.17, 15) is 0 Å². The van der Waals surface area contributed by atoms with E-state index in [1.54, 1.807) is 18.2 Å². The van der Waals surface area contributed by atoms with Crippen molar-refractivity contribution in [3.8, 4) is 11.5 Å². The molecule has 0 spiro atoms. The van der Waals surface area contributed by atoms with Gasteiger partial charge in [0.05, 0.1) is 4.83 Å². The second-order valence-electron chi connectivity index (χ2n) is 4.55. The van der Waals surface area contributed by atoms with Gasteiger partial charge in [0.1, 0.15) is 13.2 Å². The smallest absolute Gasteiger partial charge is 0.162 e. The van der Waals surface area contributed by atoms with Crippen LogP contribution in [0.2, 0.25) is 15.1 Å². The lowest BCUT2D eigenvalue weighted by Gasteiger charge is -2.22. The van der Waals surface area contributed by atoms with E-state index in [0.29, 0.717) is 39.8 Å². The Morgan fingerprint density at radius 1 is 0.857 bits per heavy atom. The molecule has 0 saturated carbocycles. The summed E-state index contributed by atoms with van der Waals surface area (Å²) in [6.45, 7) is 1.06. The maximum atomic E-state index is 6.36. The molecule has 2 aromatic carbocycles. The number of alkyl halides is 1. The zero-order chi connectivity index (χ0) is 15.0. The van der Waals surface area contributed by atoms with E-state index in [0.717, 1.165) is 11.1 Å².